The second-order valence-corrected chi connectivity index (χ2v) is 9.44. The molecule has 15 heteroatoms. The fourth-order valence-electron chi connectivity index (χ4n) is 4.29. The number of benzene rings is 1. The third-order valence-corrected chi connectivity index (χ3v) is 6.40. The predicted molar refractivity (Wildman–Crippen MR) is 132 cm³/mol. The van der Waals surface area contributed by atoms with E-state index in [0.29, 0.717) is 5.69 Å². The lowest BCUT2D eigenvalue weighted by Gasteiger charge is -2.37. The van der Waals surface area contributed by atoms with E-state index in [0.717, 1.165) is 12.1 Å². The van der Waals surface area contributed by atoms with Crippen LogP contribution in [0.4, 0.5) is 14.5 Å². The molecule has 2 saturated heterocycles. The van der Waals surface area contributed by atoms with Gasteiger partial charge in [0.15, 0.2) is 29.6 Å². The SMILES string of the molecule is COC(=O)C1OC(C)(C)OC1C(=O)N1CCN(c2c(F)cc(-n3cc(CNC(=S)OC)nn3)cc2F)CC1. The topological polar surface area (TPSA) is 120 Å². The number of esters is 1. The summed E-state index contributed by atoms with van der Waals surface area (Å²) in [4.78, 5) is 28.2. The molecule has 0 radical (unpaired) electrons. The van der Waals surface area contributed by atoms with Crippen molar-refractivity contribution >= 4 is 35.0 Å². The summed E-state index contributed by atoms with van der Waals surface area (Å²) in [6.45, 7) is 4.07. The summed E-state index contributed by atoms with van der Waals surface area (Å²) in [6, 6.07) is 2.32. The van der Waals surface area contributed by atoms with Crippen molar-refractivity contribution in [2.24, 2.45) is 0 Å². The van der Waals surface area contributed by atoms with Gasteiger partial charge >= 0.3 is 5.97 Å². The van der Waals surface area contributed by atoms with E-state index in [1.807, 2.05) is 0 Å². The van der Waals surface area contributed by atoms with Crippen LogP contribution in [0.1, 0.15) is 19.5 Å². The molecule has 2 atom stereocenters. The van der Waals surface area contributed by atoms with Crippen LogP contribution in [0.5, 0.6) is 0 Å². The number of nitrogens with one attached hydrogen (secondary N) is 1. The minimum atomic E-state index is -1.20. The number of hydrogen-bond acceptors (Lipinski definition) is 10. The lowest BCUT2D eigenvalue weighted by atomic mass is 10.1. The van der Waals surface area contributed by atoms with Crippen molar-refractivity contribution < 1.29 is 37.3 Å². The number of rotatable bonds is 6. The fraction of sp³-hybridized carbons (Fsp3) is 0.522. The zero-order valence-electron chi connectivity index (χ0n) is 21.3. The van der Waals surface area contributed by atoms with Gasteiger partial charge in [-0.15, -0.1) is 5.10 Å². The standard InChI is InChI=1S/C23H28F2N6O6S/c1-23(2)36-18(19(37-23)21(33)34-3)20(32)30-7-5-29(6-8-30)17-15(24)9-14(10-16(17)25)31-12-13(27-28-31)11-26-22(38)35-4/h9-10,12,18-19H,5-8,11H2,1-4H3,(H,26,38). The summed E-state index contributed by atoms with van der Waals surface area (Å²) in [5.41, 5.74) is 0.437. The average molecular weight is 555 g/mol. The molecule has 1 amide bonds. The Morgan fingerprint density at radius 3 is 2.34 bits per heavy atom. The van der Waals surface area contributed by atoms with Crippen LogP contribution in [-0.2, 0) is 35.1 Å². The molecule has 1 aromatic heterocycles. The number of halogens is 2. The van der Waals surface area contributed by atoms with Gasteiger partial charge < -0.3 is 34.1 Å². The molecule has 0 bridgehead atoms. The van der Waals surface area contributed by atoms with E-state index in [9.17, 15) is 9.59 Å². The second-order valence-electron chi connectivity index (χ2n) is 9.07. The summed E-state index contributed by atoms with van der Waals surface area (Å²) in [5, 5.41) is 10.9. The Bertz CT molecular complexity index is 1200. The van der Waals surface area contributed by atoms with Gasteiger partial charge in [0.2, 0.25) is 0 Å². The maximum absolute atomic E-state index is 15.1. The van der Waals surface area contributed by atoms with Gasteiger partial charge in [0.1, 0.15) is 11.4 Å². The Kier molecular flexibility index (Phi) is 8.08. The van der Waals surface area contributed by atoms with E-state index in [4.69, 9.17) is 31.2 Å². The second kappa shape index (κ2) is 11.1. The number of anilines is 1. The van der Waals surface area contributed by atoms with E-state index in [2.05, 4.69) is 15.6 Å². The molecule has 2 unspecified atom stereocenters. The number of ether oxygens (including phenoxy) is 4. The highest BCUT2D eigenvalue weighted by molar-refractivity contribution is 7.80. The van der Waals surface area contributed by atoms with Crippen LogP contribution in [0.15, 0.2) is 18.3 Å². The maximum Gasteiger partial charge on any atom is 0.338 e. The fourth-order valence-corrected chi connectivity index (χ4v) is 4.36. The normalized spacial score (nSPS) is 20.8. The first-order chi connectivity index (χ1) is 18.0. The Hall–Kier alpha value is -3.43. The largest absolute Gasteiger partial charge is 0.474 e. The van der Waals surface area contributed by atoms with E-state index in [1.165, 1.54) is 34.9 Å². The van der Waals surface area contributed by atoms with Gasteiger partial charge in [0.25, 0.3) is 11.1 Å². The Balaban J connectivity index is 1.42. The number of piperazine rings is 1. The molecule has 1 N–H and O–H groups in total. The van der Waals surface area contributed by atoms with Crippen LogP contribution >= 0.6 is 12.2 Å². The summed E-state index contributed by atoms with van der Waals surface area (Å²) < 4.78 is 52.2. The van der Waals surface area contributed by atoms with Crippen molar-refractivity contribution in [3.05, 3.63) is 35.7 Å². The Morgan fingerprint density at radius 2 is 1.74 bits per heavy atom. The van der Waals surface area contributed by atoms with Gasteiger partial charge in [-0.05, 0) is 26.1 Å². The highest BCUT2D eigenvalue weighted by Gasteiger charge is 2.51. The van der Waals surface area contributed by atoms with Crippen molar-refractivity contribution in [2.75, 3.05) is 45.3 Å². The van der Waals surface area contributed by atoms with Crippen LogP contribution in [-0.4, -0.2) is 95.3 Å². The molecule has 1 aromatic carbocycles. The molecule has 0 saturated carbocycles. The van der Waals surface area contributed by atoms with Gasteiger partial charge in [-0.25, -0.2) is 18.3 Å². The lowest BCUT2D eigenvalue weighted by molar-refractivity contribution is -0.169. The first-order valence-corrected chi connectivity index (χ1v) is 12.1. The number of carbonyl (C=O) groups is 2. The van der Waals surface area contributed by atoms with Gasteiger partial charge in [-0.1, -0.05) is 5.21 Å². The molecule has 3 heterocycles. The number of nitrogens with zero attached hydrogens (tertiary/aromatic N) is 5. The monoisotopic (exact) mass is 554 g/mol. The van der Waals surface area contributed by atoms with E-state index >= 15 is 8.78 Å². The third-order valence-electron chi connectivity index (χ3n) is 6.09. The summed E-state index contributed by atoms with van der Waals surface area (Å²) in [5.74, 6) is -3.88. The van der Waals surface area contributed by atoms with Gasteiger partial charge in [0, 0.05) is 38.3 Å². The van der Waals surface area contributed by atoms with Crippen LogP contribution in [0.2, 0.25) is 0 Å². The number of aromatic nitrogens is 3. The minimum absolute atomic E-state index is 0.153. The zero-order chi connectivity index (χ0) is 27.6. The highest BCUT2D eigenvalue weighted by Crippen LogP contribution is 2.31. The molecule has 0 aliphatic carbocycles. The number of amides is 1. The van der Waals surface area contributed by atoms with Gasteiger partial charge in [-0.3, -0.25) is 4.79 Å². The number of carbonyl (C=O) groups excluding carboxylic acids is 2. The van der Waals surface area contributed by atoms with E-state index in [-0.39, 0.29) is 49.3 Å². The smallest absolute Gasteiger partial charge is 0.338 e. The highest BCUT2D eigenvalue weighted by atomic mass is 32.1. The average Bonchev–Trinajstić information content (AvgIpc) is 3.50. The molecule has 38 heavy (non-hydrogen) atoms. The number of thiocarbonyl (C=S) groups is 1. The molecular weight excluding hydrogens is 526 g/mol. The van der Waals surface area contributed by atoms with Crippen LogP contribution in [0.25, 0.3) is 5.69 Å². The summed E-state index contributed by atoms with van der Waals surface area (Å²) in [7, 11) is 2.63. The molecule has 2 aliphatic heterocycles. The third kappa shape index (κ3) is 5.84. The minimum Gasteiger partial charge on any atom is -0.474 e. The Labute approximate surface area is 222 Å². The molecule has 12 nitrogen and oxygen atoms in total. The van der Waals surface area contributed by atoms with Crippen molar-refractivity contribution in [1.82, 2.24) is 25.2 Å². The Morgan fingerprint density at radius 1 is 1.11 bits per heavy atom. The molecule has 2 aromatic rings. The van der Waals surface area contributed by atoms with Crippen molar-refractivity contribution in [3.8, 4) is 5.69 Å². The molecule has 2 fully saturated rings. The first kappa shape index (κ1) is 27.6. The molecule has 206 valence electrons. The molecule has 0 spiro atoms. The lowest BCUT2D eigenvalue weighted by Crippen LogP contribution is -2.54. The van der Waals surface area contributed by atoms with E-state index in [1.54, 1.807) is 13.8 Å². The first-order valence-electron chi connectivity index (χ1n) is 11.7. The summed E-state index contributed by atoms with van der Waals surface area (Å²) in [6.07, 6.45) is -0.862. The number of hydrogen-bond donors (Lipinski definition) is 1. The molecule has 4 rings (SSSR count). The summed E-state index contributed by atoms with van der Waals surface area (Å²) >= 11 is 4.90. The maximum atomic E-state index is 15.1. The van der Waals surface area contributed by atoms with Crippen molar-refractivity contribution in [2.45, 2.75) is 38.4 Å². The van der Waals surface area contributed by atoms with Gasteiger partial charge in [0.05, 0.1) is 32.6 Å². The molecular formula is C23H28F2N6O6S. The zero-order valence-corrected chi connectivity index (χ0v) is 22.1. The molecule has 2 aliphatic rings. The quantitative estimate of drug-likeness (QED) is 0.405. The number of methoxy groups -OCH3 is 2. The van der Waals surface area contributed by atoms with Crippen LogP contribution < -0.4 is 10.2 Å². The van der Waals surface area contributed by atoms with Crippen molar-refractivity contribution in [3.63, 3.8) is 0 Å². The van der Waals surface area contributed by atoms with Gasteiger partial charge in [-0.2, -0.15) is 0 Å². The van der Waals surface area contributed by atoms with Crippen LogP contribution in [0.3, 0.4) is 0 Å². The van der Waals surface area contributed by atoms with E-state index < -0.39 is 41.5 Å². The van der Waals surface area contributed by atoms with Crippen LogP contribution in [0, 0.1) is 11.6 Å². The van der Waals surface area contributed by atoms with Crippen molar-refractivity contribution in [1.29, 1.82) is 0 Å². The predicted octanol–water partition coefficient (Wildman–Crippen LogP) is 0.908.